The van der Waals surface area contributed by atoms with Crippen LogP contribution in [0.1, 0.15) is 44.9 Å². The number of amides is 2. The minimum absolute atomic E-state index is 0.233. The molecule has 2 aliphatic rings. The molecule has 1 saturated carbocycles. The SMILES string of the molecule is O=C(NCC1CCCS1)NCC1(C(=O)O)CCCCC1. The largest absolute Gasteiger partial charge is 0.481 e. The van der Waals surface area contributed by atoms with Gasteiger partial charge in [0.2, 0.25) is 0 Å². The lowest BCUT2D eigenvalue weighted by atomic mass is 9.74. The highest BCUT2D eigenvalue weighted by Crippen LogP contribution is 2.36. The fourth-order valence-electron chi connectivity index (χ4n) is 3.02. The van der Waals surface area contributed by atoms with Crippen molar-refractivity contribution in [2.45, 2.75) is 50.2 Å². The standard InChI is InChI=1S/C14H24N2O3S/c17-12(18)14(6-2-1-3-7-14)10-16-13(19)15-9-11-5-4-8-20-11/h11H,1-10H2,(H,17,18)(H2,15,16,19). The molecule has 2 amide bonds. The van der Waals surface area contributed by atoms with Crippen molar-refractivity contribution in [2.24, 2.45) is 5.41 Å². The Morgan fingerprint density at radius 1 is 1.15 bits per heavy atom. The van der Waals surface area contributed by atoms with Crippen LogP contribution in [-0.4, -0.2) is 41.2 Å². The molecular formula is C14H24N2O3S. The predicted octanol–water partition coefficient (Wildman–Crippen LogP) is 2.22. The number of carbonyl (C=O) groups excluding carboxylic acids is 1. The molecule has 1 aliphatic heterocycles. The van der Waals surface area contributed by atoms with Gasteiger partial charge in [-0.3, -0.25) is 4.79 Å². The average molecular weight is 300 g/mol. The Kier molecular flexibility index (Phi) is 5.57. The Bertz CT molecular complexity index is 350. The van der Waals surface area contributed by atoms with Crippen LogP contribution in [-0.2, 0) is 4.79 Å². The second-order valence-electron chi connectivity index (χ2n) is 5.84. The van der Waals surface area contributed by atoms with Crippen molar-refractivity contribution in [2.75, 3.05) is 18.8 Å². The maximum absolute atomic E-state index is 11.8. The van der Waals surface area contributed by atoms with Gasteiger partial charge in [0.25, 0.3) is 0 Å². The lowest BCUT2D eigenvalue weighted by molar-refractivity contribution is -0.150. The van der Waals surface area contributed by atoms with E-state index in [9.17, 15) is 14.7 Å². The summed E-state index contributed by atoms with van der Waals surface area (Å²) >= 11 is 1.90. The number of hydrogen-bond donors (Lipinski definition) is 3. The molecule has 2 rings (SSSR count). The fourth-order valence-corrected chi connectivity index (χ4v) is 4.22. The molecule has 0 radical (unpaired) electrons. The van der Waals surface area contributed by atoms with E-state index in [2.05, 4.69) is 10.6 Å². The van der Waals surface area contributed by atoms with Gasteiger partial charge >= 0.3 is 12.0 Å². The molecule has 6 heteroatoms. The monoisotopic (exact) mass is 300 g/mol. The van der Waals surface area contributed by atoms with Gasteiger partial charge in [0.15, 0.2) is 0 Å². The van der Waals surface area contributed by atoms with Crippen LogP contribution in [0.25, 0.3) is 0 Å². The Balaban J connectivity index is 1.74. The second-order valence-corrected chi connectivity index (χ2v) is 7.25. The van der Waals surface area contributed by atoms with Crippen LogP contribution in [0.2, 0.25) is 0 Å². The molecule has 2 fully saturated rings. The van der Waals surface area contributed by atoms with Crippen LogP contribution in [0.15, 0.2) is 0 Å². The van der Waals surface area contributed by atoms with Gasteiger partial charge in [-0.2, -0.15) is 11.8 Å². The summed E-state index contributed by atoms with van der Waals surface area (Å²) in [6.07, 6.45) is 6.69. The van der Waals surface area contributed by atoms with Gasteiger partial charge in [-0.1, -0.05) is 19.3 Å². The molecule has 1 atom stereocenters. The number of nitrogens with one attached hydrogen (secondary N) is 2. The summed E-state index contributed by atoms with van der Waals surface area (Å²) in [5.41, 5.74) is -0.752. The van der Waals surface area contributed by atoms with Gasteiger partial charge in [-0.15, -0.1) is 0 Å². The summed E-state index contributed by atoms with van der Waals surface area (Å²) in [6.45, 7) is 0.919. The minimum Gasteiger partial charge on any atom is -0.481 e. The first-order chi connectivity index (χ1) is 9.62. The Hall–Kier alpha value is -0.910. The second kappa shape index (κ2) is 7.20. The van der Waals surface area contributed by atoms with Crippen LogP contribution in [0.5, 0.6) is 0 Å². The number of hydrogen-bond acceptors (Lipinski definition) is 3. The average Bonchev–Trinajstić information content (AvgIpc) is 2.97. The topological polar surface area (TPSA) is 78.4 Å². The highest BCUT2D eigenvalue weighted by atomic mass is 32.2. The summed E-state index contributed by atoms with van der Waals surface area (Å²) in [6, 6.07) is -0.233. The molecule has 20 heavy (non-hydrogen) atoms. The summed E-state index contributed by atoms with van der Waals surface area (Å²) in [4.78, 5) is 23.3. The van der Waals surface area contributed by atoms with Crippen LogP contribution in [0, 0.1) is 5.41 Å². The molecule has 1 heterocycles. The Labute approximate surface area is 124 Å². The molecule has 0 bridgehead atoms. The van der Waals surface area contributed by atoms with Crippen molar-refractivity contribution in [3.8, 4) is 0 Å². The molecule has 0 aromatic carbocycles. The van der Waals surface area contributed by atoms with E-state index in [1.54, 1.807) is 0 Å². The summed E-state index contributed by atoms with van der Waals surface area (Å²) in [7, 11) is 0. The molecule has 0 aromatic rings. The lowest BCUT2D eigenvalue weighted by Crippen LogP contribution is -2.48. The zero-order valence-corrected chi connectivity index (χ0v) is 12.6. The molecule has 3 N–H and O–H groups in total. The van der Waals surface area contributed by atoms with Gasteiger partial charge in [-0.05, 0) is 31.4 Å². The van der Waals surface area contributed by atoms with Crippen LogP contribution in [0.3, 0.4) is 0 Å². The Morgan fingerprint density at radius 3 is 2.50 bits per heavy atom. The van der Waals surface area contributed by atoms with E-state index in [1.807, 2.05) is 11.8 Å². The number of carbonyl (C=O) groups is 2. The maximum Gasteiger partial charge on any atom is 0.314 e. The zero-order valence-electron chi connectivity index (χ0n) is 11.8. The van der Waals surface area contributed by atoms with E-state index in [-0.39, 0.29) is 12.6 Å². The van der Waals surface area contributed by atoms with Crippen molar-refractivity contribution < 1.29 is 14.7 Å². The maximum atomic E-state index is 11.8. The number of carboxylic acid groups (broad SMARTS) is 1. The lowest BCUT2D eigenvalue weighted by Gasteiger charge is -2.33. The molecular weight excluding hydrogens is 276 g/mol. The molecule has 0 spiro atoms. The smallest absolute Gasteiger partial charge is 0.314 e. The van der Waals surface area contributed by atoms with E-state index >= 15 is 0 Å². The number of carboxylic acids is 1. The number of aliphatic carboxylic acids is 1. The van der Waals surface area contributed by atoms with Crippen molar-refractivity contribution in [3.05, 3.63) is 0 Å². The summed E-state index contributed by atoms with van der Waals surface area (Å²) < 4.78 is 0. The van der Waals surface area contributed by atoms with Gasteiger partial charge < -0.3 is 15.7 Å². The first kappa shape index (κ1) is 15.5. The third-order valence-corrected chi connectivity index (χ3v) is 5.76. The van der Waals surface area contributed by atoms with E-state index in [4.69, 9.17) is 0 Å². The molecule has 1 saturated heterocycles. The number of thioether (sulfide) groups is 1. The van der Waals surface area contributed by atoms with Crippen LogP contribution >= 0.6 is 11.8 Å². The van der Waals surface area contributed by atoms with Gasteiger partial charge in [0.1, 0.15) is 0 Å². The van der Waals surface area contributed by atoms with Crippen LogP contribution < -0.4 is 10.6 Å². The van der Waals surface area contributed by atoms with Gasteiger partial charge in [-0.25, -0.2) is 4.79 Å². The fraction of sp³-hybridized carbons (Fsp3) is 0.857. The highest BCUT2D eigenvalue weighted by Gasteiger charge is 2.39. The van der Waals surface area contributed by atoms with E-state index in [1.165, 1.54) is 12.2 Å². The third-order valence-electron chi connectivity index (χ3n) is 4.37. The first-order valence-corrected chi connectivity index (χ1v) is 8.54. The van der Waals surface area contributed by atoms with Crippen molar-refractivity contribution in [1.29, 1.82) is 0 Å². The molecule has 1 aliphatic carbocycles. The third kappa shape index (κ3) is 4.04. The van der Waals surface area contributed by atoms with Crippen molar-refractivity contribution in [1.82, 2.24) is 10.6 Å². The number of rotatable bonds is 5. The summed E-state index contributed by atoms with van der Waals surface area (Å²) in [5.74, 6) is 0.402. The molecule has 1 unspecified atom stereocenters. The zero-order chi connectivity index (χ0) is 14.4. The molecule has 114 valence electrons. The molecule has 5 nitrogen and oxygen atoms in total. The van der Waals surface area contributed by atoms with E-state index < -0.39 is 11.4 Å². The Morgan fingerprint density at radius 2 is 1.90 bits per heavy atom. The minimum atomic E-state index is -0.774. The van der Waals surface area contributed by atoms with Gasteiger partial charge in [0.05, 0.1) is 5.41 Å². The summed E-state index contributed by atoms with van der Waals surface area (Å²) in [5, 5.41) is 15.6. The van der Waals surface area contributed by atoms with Crippen LogP contribution in [0.4, 0.5) is 4.79 Å². The predicted molar refractivity (Wildman–Crippen MR) is 80.0 cm³/mol. The normalized spacial score (nSPS) is 25.1. The quantitative estimate of drug-likeness (QED) is 0.727. The van der Waals surface area contributed by atoms with Crippen molar-refractivity contribution >= 4 is 23.8 Å². The van der Waals surface area contributed by atoms with Crippen molar-refractivity contribution in [3.63, 3.8) is 0 Å². The van der Waals surface area contributed by atoms with E-state index in [0.717, 1.165) is 25.7 Å². The van der Waals surface area contributed by atoms with Gasteiger partial charge in [0, 0.05) is 18.3 Å². The highest BCUT2D eigenvalue weighted by molar-refractivity contribution is 8.00. The number of urea groups is 1. The van der Waals surface area contributed by atoms with E-state index in [0.29, 0.717) is 24.6 Å². The first-order valence-electron chi connectivity index (χ1n) is 7.49. The molecule has 0 aromatic heterocycles.